The molecule has 5 heteroatoms. The third-order valence-electron chi connectivity index (χ3n) is 4.51. The van der Waals surface area contributed by atoms with Crippen molar-refractivity contribution in [3.05, 3.63) is 82.7 Å². The second kappa shape index (κ2) is 8.65. The van der Waals surface area contributed by atoms with Crippen LogP contribution in [0.4, 0.5) is 4.39 Å². The minimum atomic E-state index is -0.801. The van der Waals surface area contributed by atoms with Crippen molar-refractivity contribution in [3.8, 4) is 17.1 Å². The molecule has 0 aliphatic carbocycles. The predicted molar refractivity (Wildman–Crippen MR) is 106 cm³/mol. The summed E-state index contributed by atoms with van der Waals surface area (Å²) < 4.78 is 19.4. The predicted octanol–water partition coefficient (Wildman–Crippen LogP) is 5.10. The van der Waals surface area contributed by atoms with Crippen LogP contribution in [0.25, 0.3) is 11.3 Å². The maximum Gasteiger partial charge on any atom is 0.303 e. The summed E-state index contributed by atoms with van der Waals surface area (Å²) >= 11 is 0. The van der Waals surface area contributed by atoms with Crippen molar-refractivity contribution in [1.82, 2.24) is 4.98 Å². The Morgan fingerprint density at radius 2 is 1.68 bits per heavy atom. The van der Waals surface area contributed by atoms with E-state index in [4.69, 9.17) is 9.84 Å². The summed E-state index contributed by atoms with van der Waals surface area (Å²) in [7, 11) is 0. The van der Waals surface area contributed by atoms with Crippen LogP contribution in [-0.2, 0) is 17.8 Å². The number of nitrogens with zero attached hydrogens (tertiary/aromatic N) is 1. The van der Waals surface area contributed by atoms with Gasteiger partial charge in [0.05, 0.1) is 5.69 Å². The zero-order valence-corrected chi connectivity index (χ0v) is 15.9. The van der Waals surface area contributed by atoms with Crippen molar-refractivity contribution in [1.29, 1.82) is 0 Å². The molecular formula is C23H22FNO3. The number of hydrogen-bond acceptors (Lipinski definition) is 3. The smallest absolute Gasteiger partial charge is 0.303 e. The first-order valence-corrected chi connectivity index (χ1v) is 9.09. The van der Waals surface area contributed by atoms with E-state index in [2.05, 4.69) is 4.98 Å². The monoisotopic (exact) mass is 379 g/mol. The van der Waals surface area contributed by atoms with Crippen LogP contribution in [0.15, 0.2) is 54.6 Å². The van der Waals surface area contributed by atoms with Gasteiger partial charge in [0, 0.05) is 18.1 Å². The molecule has 0 amide bonds. The zero-order chi connectivity index (χ0) is 20.1. The molecule has 0 fully saturated rings. The van der Waals surface area contributed by atoms with Gasteiger partial charge in [-0.15, -0.1) is 0 Å². The number of pyridine rings is 1. The van der Waals surface area contributed by atoms with Crippen molar-refractivity contribution in [3.63, 3.8) is 0 Å². The quantitative estimate of drug-likeness (QED) is 0.620. The molecule has 0 aliphatic rings. The van der Waals surface area contributed by atoms with Crippen LogP contribution in [0.1, 0.15) is 28.7 Å². The lowest BCUT2D eigenvalue weighted by Crippen LogP contribution is -2.00. The van der Waals surface area contributed by atoms with Crippen molar-refractivity contribution in [2.45, 2.75) is 33.3 Å². The largest absolute Gasteiger partial charge is 0.481 e. The standard InChI is InChI=1S/C23H22FNO3/c1-15-12-19(24)13-16(2)23(15)20-4-3-5-21(25-20)28-14-18-8-6-17(7-9-18)10-11-22(26)27/h3-9,12-13H,10-11,14H2,1-2H3,(H,26,27). The summed E-state index contributed by atoms with van der Waals surface area (Å²) in [6, 6.07) is 16.2. The highest BCUT2D eigenvalue weighted by molar-refractivity contribution is 5.68. The van der Waals surface area contributed by atoms with Gasteiger partial charge in [0.2, 0.25) is 5.88 Å². The topological polar surface area (TPSA) is 59.4 Å². The molecule has 0 radical (unpaired) electrons. The second-order valence-electron chi connectivity index (χ2n) is 6.77. The van der Waals surface area contributed by atoms with E-state index >= 15 is 0 Å². The van der Waals surface area contributed by atoms with E-state index < -0.39 is 5.97 Å². The Morgan fingerprint density at radius 3 is 2.32 bits per heavy atom. The van der Waals surface area contributed by atoms with E-state index in [0.29, 0.717) is 18.9 Å². The first-order valence-electron chi connectivity index (χ1n) is 9.09. The first-order chi connectivity index (χ1) is 13.4. The lowest BCUT2D eigenvalue weighted by atomic mass is 9.99. The number of aliphatic carboxylic acids is 1. The fourth-order valence-corrected chi connectivity index (χ4v) is 3.16. The van der Waals surface area contributed by atoms with Gasteiger partial charge in [-0.05, 0) is 60.7 Å². The van der Waals surface area contributed by atoms with Crippen LogP contribution in [0.2, 0.25) is 0 Å². The Bertz CT molecular complexity index is 960. The van der Waals surface area contributed by atoms with Gasteiger partial charge in [0.15, 0.2) is 0 Å². The second-order valence-corrected chi connectivity index (χ2v) is 6.77. The van der Waals surface area contributed by atoms with E-state index in [-0.39, 0.29) is 12.2 Å². The molecule has 28 heavy (non-hydrogen) atoms. The highest BCUT2D eigenvalue weighted by Crippen LogP contribution is 2.28. The number of carboxylic acid groups (broad SMARTS) is 1. The number of carbonyl (C=O) groups is 1. The molecule has 1 N–H and O–H groups in total. The van der Waals surface area contributed by atoms with Crippen LogP contribution in [0.5, 0.6) is 5.88 Å². The van der Waals surface area contributed by atoms with Gasteiger partial charge in [-0.25, -0.2) is 9.37 Å². The van der Waals surface area contributed by atoms with E-state index in [1.165, 1.54) is 12.1 Å². The van der Waals surface area contributed by atoms with Crippen LogP contribution in [0, 0.1) is 19.7 Å². The molecule has 144 valence electrons. The molecular weight excluding hydrogens is 357 g/mol. The summed E-state index contributed by atoms with van der Waals surface area (Å²) in [5.41, 5.74) is 5.28. The van der Waals surface area contributed by atoms with Crippen molar-refractivity contribution >= 4 is 5.97 Å². The number of halogens is 1. The van der Waals surface area contributed by atoms with E-state index in [1.54, 1.807) is 6.07 Å². The molecule has 3 aromatic rings. The minimum absolute atomic E-state index is 0.120. The summed E-state index contributed by atoms with van der Waals surface area (Å²) in [4.78, 5) is 15.2. The molecule has 1 heterocycles. The van der Waals surface area contributed by atoms with E-state index in [1.807, 2.05) is 50.2 Å². The Kier molecular flexibility index (Phi) is 6.04. The first kappa shape index (κ1) is 19.5. The highest BCUT2D eigenvalue weighted by atomic mass is 19.1. The van der Waals surface area contributed by atoms with Gasteiger partial charge in [-0.1, -0.05) is 30.3 Å². The molecule has 0 saturated carbocycles. The molecule has 4 nitrogen and oxygen atoms in total. The number of aromatic nitrogens is 1. The maximum atomic E-state index is 13.6. The SMILES string of the molecule is Cc1cc(F)cc(C)c1-c1cccc(OCc2ccc(CCC(=O)O)cc2)n1. The summed E-state index contributed by atoms with van der Waals surface area (Å²) in [6.07, 6.45) is 0.630. The molecule has 2 aromatic carbocycles. The molecule has 0 unspecified atom stereocenters. The number of aryl methyl sites for hydroxylation is 3. The van der Waals surface area contributed by atoms with Gasteiger partial charge < -0.3 is 9.84 Å². The Hall–Kier alpha value is -3.21. The maximum absolute atomic E-state index is 13.6. The highest BCUT2D eigenvalue weighted by Gasteiger charge is 2.10. The molecule has 0 atom stereocenters. The van der Waals surface area contributed by atoms with Gasteiger partial charge in [0.1, 0.15) is 12.4 Å². The third-order valence-corrected chi connectivity index (χ3v) is 4.51. The van der Waals surface area contributed by atoms with Gasteiger partial charge >= 0.3 is 5.97 Å². The van der Waals surface area contributed by atoms with Crippen LogP contribution in [-0.4, -0.2) is 16.1 Å². The van der Waals surface area contributed by atoms with Gasteiger partial charge in [-0.3, -0.25) is 4.79 Å². The van der Waals surface area contributed by atoms with Crippen molar-refractivity contribution in [2.24, 2.45) is 0 Å². The number of carboxylic acids is 1. The number of rotatable bonds is 7. The van der Waals surface area contributed by atoms with E-state index in [0.717, 1.165) is 33.5 Å². The van der Waals surface area contributed by atoms with Crippen molar-refractivity contribution in [2.75, 3.05) is 0 Å². The summed E-state index contributed by atoms with van der Waals surface area (Å²) in [5, 5.41) is 8.75. The number of benzene rings is 2. The number of hydrogen-bond donors (Lipinski definition) is 1. The van der Waals surface area contributed by atoms with Crippen molar-refractivity contribution < 1.29 is 19.0 Å². The zero-order valence-electron chi connectivity index (χ0n) is 15.9. The summed E-state index contributed by atoms with van der Waals surface area (Å²) in [5.74, 6) is -0.557. The normalized spacial score (nSPS) is 10.7. The molecule has 0 bridgehead atoms. The summed E-state index contributed by atoms with van der Waals surface area (Å²) in [6.45, 7) is 4.09. The fraction of sp³-hybridized carbons (Fsp3) is 0.217. The Labute approximate surface area is 163 Å². The molecule has 0 spiro atoms. The van der Waals surface area contributed by atoms with Gasteiger partial charge in [-0.2, -0.15) is 0 Å². The molecule has 0 aliphatic heterocycles. The lowest BCUT2D eigenvalue weighted by molar-refractivity contribution is -0.136. The lowest BCUT2D eigenvalue weighted by Gasteiger charge is -2.12. The van der Waals surface area contributed by atoms with Crippen LogP contribution in [0.3, 0.4) is 0 Å². The average Bonchev–Trinajstić information content (AvgIpc) is 2.65. The molecule has 3 rings (SSSR count). The molecule has 0 saturated heterocycles. The van der Waals surface area contributed by atoms with Crippen LogP contribution >= 0.6 is 0 Å². The van der Waals surface area contributed by atoms with Gasteiger partial charge in [0.25, 0.3) is 0 Å². The number of ether oxygens (including phenoxy) is 1. The molecule has 1 aromatic heterocycles. The fourth-order valence-electron chi connectivity index (χ4n) is 3.16. The average molecular weight is 379 g/mol. The Morgan fingerprint density at radius 1 is 1.04 bits per heavy atom. The third kappa shape index (κ3) is 4.94. The minimum Gasteiger partial charge on any atom is -0.481 e. The van der Waals surface area contributed by atoms with Crippen LogP contribution < -0.4 is 4.74 Å². The van der Waals surface area contributed by atoms with E-state index in [9.17, 15) is 9.18 Å². The Balaban J connectivity index is 1.69.